The predicted molar refractivity (Wildman–Crippen MR) is 72.6 cm³/mol. The molecule has 1 aromatic rings. The molecule has 0 aromatic carbocycles. The van der Waals surface area contributed by atoms with Crippen LogP contribution < -0.4 is 5.32 Å². The minimum Gasteiger partial charge on any atom is -0.461 e. The molecule has 1 saturated heterocycles. The molecule has 0 unspecified atom stereocenters. The van der Waals surface area contributed by atoms with Gasteiger partial charge in [-0.25, -0.2) is 9.78 Å². The Morgan fingerprint density at radius 2 is 2.33 bits per heavy atom. The van der Waals surface area contributed by atoms with Crippen molar-refractivity contribution in [1.29, 1.82) is 0 Å². The number of nitrogens with one attached hydrogen (secondary N) is 1. The first-order valence-corrected chi connectivity index (χ1v) is 8.30. The topological polar surface area (TPSA) is 68.3 Å². The predicted octanol–water partition coefficient (Wildman–Crippen LogP) is 1.64. The lowest BCUT2D eigenvalue weighted by Gasteiger charge is -2.21. The first-order chi connectivity index (χ1) is 8.69. The van der Waals surface area contributed by atoms with Crippen molar-refractivity contribution in [3.8, 4) is 0 Å². The minimum absolute atomic E-state index is 0.309. The van der Waals surface area contributed by atoms with Gasteiger partial charge in [0.1, 0.15) is 0 Å². The molecule has 1 aliphatic rings. The molecule has 0 bridgehead atoms. The number of thiazole rings is 1. The number of nitrogens with zero attached hydrogens (tertiary/aromatic N) is 1. The molecule has 0 atom stereocenters. The Morgan fingerprint density at radius 3 is 3.00 bits per heavy atom. The number of aromatic nitrogens is 1. The smallest absolute Gasteiger partial charge is 0.357 e. The summed E-state index contributed by atoms with van der Waals surface area (Å²) < 4.78 is 16.1. The summed E-state index contributed by atoms with van der Waals surface area (Å²) >= 11 is 1.40. The molecule has 0 radical (unpaired) electrons. The molecule has 100 valence electrons. The molecule has 2 heterocycles. The van der Waals surface area contributed by atoms with Crippen LogP contribution in [0, 0.1) is 0 Å². The van der Waals surface area contributed by atoms with Gasteiger partial charge in [-0.15, -0.1) is 11.3 Å². The van der Waals surface area contributed by atoms with Crippen LogP contribution in [0.2, 0.25) is 0 Å². The summed E-state index contributed by atoms with van der Waals surface area (Å²) in [6.45, 7) is 2.12. The van der Waals surface area contributed by atoms with Gasteiger partial charge >= 0.3 is 5.97 Å². The maximum atomic E-state index is 11.4. The Labute approximate surface area is 112 Å². The molecule has 1 N–H and O–H groups in total. The Bertz CT molecular complexity index is 437. The van der Waals surface area contributed by atoms with Crippen molar-refractivity contribution in [2.24, 2.45) is 0 Å². The standard InChI is InChI=1S/C11H16N2O3S2/c1-2-16-10(14)9-7-17-11(13-9)12-8-3-5-18(15)6-4-8/h7-8H,2-6H2,1H3,(H,12,13). The van der Waals surface area contributed by atoms with E-state index < -0.39 is 10.8 Å². The third-order valence-corrected chi connectivity index (χ3v) is 4.86. The molecule has 0 aliphatic carbocycles. The van der Waals surface area contributed by atoms with Crippen molar-refractivity contribution in [2.45, 2.75) is 25.8 Å². The fourth-order valence-electron chi connectivity index (χ4n) is 1.75. The summed E-state index contributed by atoms with van der Waals surface area (Å²) in [6.07, 6.45) is 1.78. The van der Waals surface area contributed by atoms with Crippen LogP contribution in [0.5, 0.6) is 0 Å². The Kier molecular flexibility index (Phi) is 4.71. The first kappa shape index (κ1) is 13.5. The zero-order valence-electron chi connectivity index (χ0n) is 10.2. The summed E-state index contributed by atoms with van der Waals surface area (Å²) in [7, 11) is -0.655. The normalized spacial score (nSPS) is 23.6. The van der Waals surface area contributed by atoms with Crippen LogP contribution in [0.15, 0.2) is 5.38 Å². The summed E-state index contributed by atoms with van der Waals surface area (Å²) in [6, 6.07) is 0.309. The molecule has 5 nitrogen and oxygen atoms in total. The number of anilines is 1. The third-order valence-electron chi connectivity index (χ3n) is 2.70. The molecule has 1 fully saturated rings. The van der Waals surface area contributed by atoms with Crippen LogP contribution in [0.4, 0.5) is 5.13 Å². The van der Waals surface area contributed by atoms with Gasteiger partial charge in [-0.05, 0) is 19.8 Å². The second-order valence-electron chi connectivity index (χ2n) is 4.03. The number of carbonyl (C=O) groups excluding carboxylic acids is 1. The van der Waals surface area contributed by atoms with E-state index in [0.29, 0.717) is 18.3 Å². The van der Waals surface area contributed by atoms with E-state index >= 15 is 0 Å². The lowest BCUT2D eigenvalue weighted by atomic mass is 10.2. The maximum absolute atomic E-state index is 11.4. The SMILES string of the molecule is CCOC(=O)c1csc(NC2CCS(=O)CC2)n1. The summed E-state index contributed by atoms with van der Waals surface area (Å²) in [5.74, 6) is 1.10. The molecule has 1 aliphatic heterocycles. The lowest BCUT2D eigenvalue weighted by molar-refractivity contribution is 0.0520. The molecular weight excluding hydrogens is 272 g/mol. The molecule has 0 amide bonds. The average Bonchev–Trinajstić information content (AvgIpc) is 2.81. The zero-order valence-corrected chi connectivity index (χ0v) is 11.8. The van der Waals surface area contributed by atoms with Gasteiger partial charge < -0.3 is 10.1 Å². The lowest BCUT2D eigenvalue weighted by Crippen LogP contribution is -2.29. The largest absolute Gasteiger partial charge is 0.461 e. The summed E-state index contributed by atoms with van der Waals surface area (Å²) in [5, 5.41) is 5.71. The van der Waals surface area contributed by atoms with Gasteiger partial charge in [-0.3, -0.25) is 4.21 Å². The number of esters is 1. The van der Waals surface area contributed by atoms with E-state index in [0.717, 1.165) is 29.5 Å². The van der Waals surface area contributed by atoms with Gasteiger partial charge in [-0.1, -0.05) is 0 Å². The summed E-state index contributed by atoms with van der Waals surface area (Å²) in [5.41, 5.74) is 0.351. The highest BCUT2D eigenvalue weighted by atomic mass is 32.2. The Balaban J connectivity index is 1.90. The van der Waals surface area contributed by atoms with Crippen molar-refractivity contribution >= 4 is 33.2 Å². The van der Waals surface area contributed by atoms with Crippen molar-refractivity contribution in [2.75, 3.05) is 23.4 Å². The van der Waals surface area contributed by atoms with Crippen LogP contribution in [0.3, 0.4) is 0 Å². The Morgan fingerprint density at radius 1 is 1.61 bits per heavy atom. The minimum atomic E-state index is -0.655. The number of hydrogen-bond donors (Lipinski definition) is 1. The quantitative estimate of drug-likeness (QED) is 0.853. The van der Waals surface area contributed by atoms with Gasteiger partial charge in [0.05, 0.1) is 6.61 Å². The van der Waals surface area contributed by atoms with Gasteiger partial charge in [0.15, 0.2) is 10.8 Å². The fraction of sp³-hybridized carbons (Fsp3) is 0.636. The van der Waals surface area contributed by atoms with Crippen LogP contribution in [0.1, 0.15) is 30.3 Å². The highest BCUT2D eigenvalue weighted by Gasteiger charge is 2.19. The fourth-order valence-corrected chi connectivity index (χ4v) is 3.81. The van der Waals surface area contributed by atoms with E-state index in [1.807, 2.05) is 0 Å². The van der Waals surface area contributed by atoms with Gasteiger partial charge in [0.2, 0.25) is 0 Å². The van der Waals surface area contributed by atoms with Crippen LogP contribution >= 0.6 is 11.3 Å². The van der Waals surface area contributed by atoms with E-state index in [2.05, 4.69) is 10.3 Å². The van der Waals surface area contributed by atoms with E-state index in [-0.39, 0.29) is 5.97 Å². The van der Waals surface area contributed by atoms with Crippen LogP contribution in [-0.4, -0.2) is 39.3 Å². The van der Waals surface area contributed by atoms with Crippen molar-refractivity contribution < 1.29 is 13.7 Å². The van der Waals surface area contributed by atoms with E-state index in [9.17, 15) is 9.00 Å². The molecule has 2 rings (SSSR count). The van der Waals surface area contributed by atoms with E-state index in [4.69, 9.17) is 4.74 Å². The van der Waals surface area contributed by atoms with E-state index in [1.165, 1.54) is 11.3 Å². The summed E-state index contributed by atoms with van der Waals surface area (Å²) in [4.78, 5) is 15.6. The highest BCUT2D eigenvalue weighted by molar-refractivity contribution is 7.85. The van der Waals surface area contributed by atoms with Gasteiger partial charge in [0, 0.05) is 33.7 Å². The second-order valence-corrected chi connectivity index (χ2v) is 6.58. The number of ether oxygens (including phenoxy) is 1. The molecular formula is C11H16N2O3S2. The molecule has 0 spiro atoms. The van der Waals surface area contributed by atoms with Crippen molar-refractivity contribution in [1.82, 2.24) is 4.98 Å². The Hall–Kier alpha value is -0.950. The molecule has 0 saturated carbocycles. The maximum Gasteiger partial charge on any atom is 0.357 e. The van der Waals surface area contributed by atoms with Gasteiger partial charge in [0.25, 0.3) is 0 Å². The zero-order chi connectivity index (χ0) is 13.0. The van der Waals surface area contributed by atoms with Crippen LogP contribution in [-0.2, 0) is 15.5 Å². The molecule has 18 heavy (non-hydrogen) atoms. The van der Waals surface area contributed by atoms with Crippen molar-refractivity contribution in [3.63, 3.8) is 0 Å². The highest BCUT2D eigenvalue weighted by Crippen LogP contribution is 2.20. The first-order valence-electron chi connectivity index (χ1n) is 5.93. The number of carbonyl (C=O) groups is 1. The molecule has 1 aromatic heterocycles. The number of rotatable bonds is 4. The average molecular weight is 288 g/mol. The molecule has 7 heteroatoms. The van der Waals surface area contributed by atoms with E-state index in [1.54, 1.807) is 12.3 Å². The van der Waals surface area contributed by atoms with Crippen LogP contribution in [0.25, 0.3) is 0 Å². The second kappa shape index (κ2) is 6.29. The van der Waals surface area contributed by atoms with Gasteiger partial charge in [-0.2, -0.15) is 0 Å². The monoisotopic (exact) mass is 288 g/mol. The third kappa shape index (κ3) is 3.52. The van der Waals surface area contributed by atoms with Crippen molar-refractivity contribution in [3.05, 3.63) is 11.1 Å². The number of hydrogen-bond acceptors (Lipinski definition) is 6.